The van der Waals surface area contributed by atoms with Crippen molar-refractivity contribution in [3.63, 3.8) is 0 Å². The van der Waals surface area contributed by atoms with E-state index in [1.54, 1.807) is 19.1 Å². The quantitative estimate of drug-likeness (QED) is 0.228. The van der Waals surface area contributed by atoms with E-state index in [1.807, 2.05) is 31.2 Å². The lowest BCUT2D eigenvalue weighted by atomic mass is 10.0. The van der Waals surface area contributed by atoms with Crippen LogP contribution in [0, 0.1) is 12.7 Å². The number of likely N-dealkylation sites (tertiary alicyclic amines) is 1. The second kappa shape index (κ2) is 12.2. The molecule has 3 aliphatic rings. The Balaban J connectivity index is 1.37. The minimum Gasteiger partial charge on any atom is -0.508 e. The van der Waals surface area contributed by atoms with Gasteiger partial charge in [-0.1, -0.05) is 35.9 Å². The van der Waals surface area contributed by atoms with Gasteiger partial charge in [-0.3, -0.25) is 0 Å². The molecule has 2 aromatic carbocycles. The van der Waals surface area contributed by atoms with Crippen molar-refractivity contribution < 1.29 is 14.2 Å². The van der Waals surface area contributed by atoms with E-state index in [-0.39, 0.29) is 27.9 Å². The number of aliphatic hydroxyl groups is 1. The first kappa shape index (κ1) is 28.9. The lowest BCUT2D eigenvalue weighted by molar-refractivity contribution is 0.223. The van der Waals surface area contributed by atoms with Crippen LogP contribution < -0.4 is 15.0 Å². The highest BCUT2D eigenvalue weighted by Gasteiger charge is 2.34. The fraction of sp³-hybridized carbons (Fsp3) is 0.455. The average molecular weight is 592 g/mol. The van der Waals surface area contributed by atoms with E-state index < -0.39 is 5.82 Å². The Kier molecular flexibility index (Phi) is 8.39. The van der Waals surface area contributed by atoms with Crippen LogP contribution in [0.2, 0.25) is 5.02 Å². The number of hydrogen-bond donors (Lipinski definition) is 2. The molecule has 3 saturated heterocycles. The van der Waals surface area contributed by atoms with Crippen LogP contribution in [0.1, 0.15) is 55.7 Å². The molecule has 2 N–H and O–H groups in total. The first-order valence-corrected chi connectivity index (χ1v) is 15.3. The molecule has 3 aliphatic heterocycles. The van der Waals surface area contributed by atoms with Crippen LogP contribution in [-0.4, -0.2) is 71.4 Å². The second-order valence-corrected chi connectivity index (χ2v) is 12.4. The van der Waals surface area contributed by atoms with Crippen molar-refractivity contribution in [1.82, 2.24) is 20.2 Å². The molecule has 3 unspecified atom stereocenters. The topological polar surface area (TPSA) is 73.8 Å². The summed E-state index contributed by atoms with van der Waals surface area (Å²) < 4.78 is 22.5. The highest BCUT2D eigenvalue weighted by atomic mass is 35.5. The minimum atomic E-state index is -0.544. The van der Waals surface area contributed by atoms with Crippen LogP contribution in [0.5, 0.6) is 6.01 Å². The molecule has 1 aromatic heterocycles. The van der Waals surface area contributed by atoms with Gasteiger partial charge in [-0.05, 0) is 94.5 Å². The summed E-state index contributed by atoms with van der Waals surface area (Å²) in [6.45, 7) is 6.85. The number of fused-ring (bicyclic) bond motifs is 3. The Labute approximate surface area is 252 Å². The zero-order chi connectivity index (χ0) is 29.4. The highest BCUT2D eigenvalue weighted by Crippen LogP contribution is 2.38. The van der Waals surface area contributed by atoms with Crippen molar-refractivity contribution in [3.8, 4) is 6.01 Å². The van der Waals surface area contributed by atoms with Gasteiger partial charge in [0, 0.05) is 42.2 Å². The molecule has 0 saturated carbocycles. The molecule has 3 atom stereocenters. The molecular weight excluding hydrogens is 553 g/mol. The zero-order valence-corrected chi connectivity index (χ0v) is 25.3. The third-order valence-electron chi connectivity index (χ3n) is 8.96. The van der Waals surface area contributed by atoms with Gasteiger partial charge in [-0.2, -0.15) is 9.97 Å². The predicted molar refractivity (Wildman–Crippen MR) is 168 cm³/mol. The van der Waals surface area contributed by atoms with E-state index >= 15 is 4.39 Å². The van der Waals surface area contributed by atoms with Gasteiger partial charge in [-0.15, -0.1) is 0 Å². The third kappa shape index (κ3) is 5.98. The molecule has 6 rings (SSSR count). The molecule has 222 valence electrons. The van der Waals surface area contributed by atoms with Crippen molar-refractivity contribution in [1.29, 1.82) is 0 Å². The number of aryl methyl sites for hydroxylation is 1. The maximum Gasteiger partial charge on any atom is 0.319 e. The van der Waals surface area contributed by atoms with E-state index in [0.717, 1.165) is 56.4 Å². The number of nitrogens with zero attached hydrogens (tertiary/aromatic N) is 4. The van der Waals surface area contributed by atoms with Gasteiger partial charge in [-0.25, -0.2) is 4.39 Å². The Morgan fingerprint density at radius 2 is 1.95 bits per heavy atom. The van der Waals surface area contributed by atoms with E-state index in [4.69, 9.17) is 21.3 Å². The van der Waals surface area contributed by atoms with Gasteiger partial charge in [0.15, 0.2) is 5.82 Å². The maximum absolute atomic E-state index is 16.4. The van der Waals surface area contributed by atoms with E-state index in [1.165, 1.54) is 12.5 Å². The number of allylic oxidation sites excluding steroid dienone is 2. The number of anilines is 1. The van der Waals surface area contributed by atoms with Crippen LogP contribution >= 0.6 is 11.6 Å². The molecule has 0 amide bonds. The van der Waals surface area contributed by atoms with Crippen LogP contribution in [-0.2, 0) is 0 Å². The molecule has 0 spiro atoms. The lowest BCUT2D eigenvalue weighted by Crippen LogP contribution is -2.51. The minimum absolute atomic E-state index is 0.0120. The number of ether oxygens (including phenoxy) is 1. The summed E-state index contributed by atoms with van der Waals surface area (Å²) in [5, 5.41) is 15.2. The summed E-state index contributed by atoms with van der Waals surface area (Å²) in [5.74, 6) is 0.123. The Bertz CT molecular complexity index is 1530. The summed E-state index contributed by atoms with van der Waals surface area (Å²) in [4.78, 5) is 14.0. The van der Waals surface area contributed by atoms with Gasteiger partial charge in [0.2, 0.25) is 0 Å². The number of rotatable bonds is 8. The van der Waals surface area contributed by atoms with E-state index in [9.17, 15) is 5.11 Å². The van der Waals surface area contributed by atoms with E-state index in [0.29, 0.717) is 41.5 Å². The Hall–Kier alpha value is -3.20. The molecule has 7 nitrogen and oxygen atoms in total. The fourth-order valence-corrected chi connectivity index (χ4v) is 7.01. The summed E-state index contributed by atoms with van der Waals surface area (Å²) in [6.07, 6.45) is 8.65. The van der Waals surface area contributed by atoms with Gasteiger partial charge in [0.05, 0.1) is 11.6 Å². The molecule has 42 heavy (non-hydrogen) atoms. The van der Waals surface area contributed by atoms with Crippen LogP contribution in [0.25, 0.3) is 22.6 Å². The van der Waals surface area contributed by atoms with Gasteiger partial charge in [0.1, 0.15) is 17.1 Å². The van der Waals surface area contributed by atoms with Crippen molar-refractivity contribution in [3.05, 3.63) is 69.7 Å². The molecule has 4 heterocycles. The zero-order valence-electron chi connectivity index (χ0n) is 24.5. The predicted octanol–water partition coefficient (Wildman–Crippen LogP) is 6.54. The monoisotopic (exact) mass is 591 g/mol. The normalized spacial score (nSPS) is 23.3. The average Bonchev–Trinajstić information content (AvgIpc) is 3.52. The maximum atomic E-state index is 16.4. The molecule has 2 bridgehead atoms. The summed E-state index contributed by atoms with van der Waals surface area (Å²) >= 11 is 6.76. The van der Waals surface area contributed by atoms with Gasteiger partial charge >= 0.3 is 6.01 Å². The SMILES string of the molecule is C/C(=C\C(O)=C/c1ccccc1C)c1c(Cl)cc2c(N3CC4CCC(C3)N4)nc(OCCC3CCCN3C)nc2c1F. The molecule has 9 heteroatoms. The smallest absolute Gasteiger partial charge is 0.319 e. The summed E-state index contributed by atoms with van der Waals surface area (Å²) in [5.41, 5.74) is 2.79. The molecule has 3 fully saturated rings. The van der Waals surface area contributed by atoms with Crippen LogP contribution in [0.3, 0.4) is 0 Å². The third-order valence-corrected chi connectivity index (χ3v) is 9.26. The largest absolute Gasteiger partial charge is 0.508 e. The molecular formula is C33H39ClFN5O2. The highest BCUT2D eigenvalue weighted by molar-refractivity contribution is 6.33. The van der Waals surface area contributed by atoms with Crippen LogP contribution in [0.15, 0.2) is 42.2 Å². The summed E-state index contributed by atoms with van der Waals surface area (Å²) in [6, 6.07) is 10.9. The van der Waals surface area contributed by atoms with Crippen molar-refractivity contribution in [2.24, 2.45) is 0 Å². The number of piperazine rings is 1. The Morgan fingerprint density at radius 1 is 1.19 bits per heavy atom. The first-order valence-electron chi connectivity index (χ1n) is 15.0. The number of hydrogen-bond acceptors (Lipinski definition) is 7. The van der Waals surface area contributed by atoms with Crippen molar-refractivity contribution in [2.45, 2.75) is 64.1 Å². The van der Waals surface area contributed by atoms with Gasteiger partial charge in [0.25, 0.3) is 0 Å². The number of aromatic nitrogens is 2. The first-order chi connectivity index (χ1) is 20.3. The van der Waals surface area contributed by atoms with Crippen molar-refractivity contribution >= 4 is 40.0 Å². The van der Waals surface area contributed by atoms with Crippen molar-refractivity contribution in [2.75, 3.05) is 38.2 Å². The van der Waals surface area contributed by atoms with E-state index in [2.05, 4.69) is 27.1 Å². The van der Waals surface area contributed by atoms with Crippen LogP contribution in [0.4, 0.5) is 10.2 Å². The fourth-order valence-electron chi connectivity index (χ4n) is 6.67. The Morgan fingerprint density at radius 3 is 2.67 bits per heavy atom. The molecule has 0 aliphatic carbocycles. The second-order valence-electron chi connectivity index (χ2n) is 12.0. The number of halogens is 2. The number of aliphatic hydroxyl groups excluding tert-OH is 1. The molecule has 0 radical (unpaired) electrons. The summed E-state index contributed by atoms with van der Waals surface area (Å²) in [7, 11) is 2.14. The standard InChI is InChI=1S/C33H39ClFN5O2/c1-20-7-4-5-8-22(20)16-26(41)15-21(2)29-28(34)17-27-31(30(29)35)37-33(42-14-12-25-9-6-13-39(25)3)38-32(27)40-18-23-10-11-24(19-40)36-23/h4-5,7-8,15-17,23-25,36,41H,6,9-14,18-19H2,1-3H3/b21-15+,26-16+. The number of benzene rings is 2. The van der Waals surface area contributed by atoms with Gasteiger partial charge < -0.3 is 25.0 Å². The number of nitrogens with one attached hydrogen (secondary N) is 1. The lowest BCUT2D eigenvalue weighted by Gasteiger charge is -2.34. The molecule has 3 aromatic rings.